The standard InChI is InChI=1S/C22H23N3O3/c1-27-20-6-4-16-12-18(3-2-17(16)13-20)21-15-25(10-11-28-21)22(26)7-5-19-14-23-8-9-24-19/h2-4,6,8-9,12-14,21H,5,7,10-11,15H2,1H3/t21-/m0/s1. The fourth-order valence-electron chi connectivity index (χ4n) is 3.50. The van der Waals surface area contributed by atoms with Gasteiger partial charge in [-0.2, -0.15) is 0 Å². The van der Waals surface area contributed by atoms with Crippen molar-refractivity contribution in [2.75, 3.05) is 26.8 Å². The molecule has 0 spiro atoms. The van der Waals surface area contributed by atoms with E-state index < -0.39 is 0 Å². The van der Waals surface area contributed by atoms with Crippen molar-refractivity contribution in [2.45, 2.75) is 18.9 Å². The Kier molecular flexibility index (Phi) is 5.48. The van der Waals surface area contributed by atoms with Crippen LogP contribution in [-0.2, 0) is 16.0 Å². The normalized spacial score (nSPS) is 16.9. The first kappa shape index (κ1) is 18.4. The molecule has 2 aromatic carbocycles. The molecule has 6 nitrogen and oxygen atoms in total. The Morgan fingerprint density at radius 3 is 2.89 bits per heavy atom. The molecule has 3 aromatic rings. The minimum atomic E-state index is -0.110. The molecule has 1 aliphatic rings. The van der Waals surface area contributed by atoms with E-state index in [4.69, 9.17) is 9.47 Å². The molecule has 1 aliphatic heterocycles. The summed E-state index contributed by atoms with van der Waals surface area (Å²) in [5.74, 6) is 0.971. The number of benzene rings is 2. The molecule has 0 radical (unpaired) electrons. The molecule has 0 N–H and O–H groups in total. The van der Waals surface area contributed by atoms with E-state index in [1.807, 2.05) is 23.1 Å². The average molecular weight is 377 g/mol. The van der Waals surface area contributed by atoms with Crippen LogP contribution >= 0.6 is 0 Å². The Balaban J connectivity index is 1.43. The summed E-state index contributed by atoms with van der Waals surface area (Å²) in [5, 5.41) is 2.25. The van der Waals surface area contributed by atoms with Crippen molar-refractivity contribution in [3.8, 4) is 5.75 Å². The number of amides is 1. The third-order valence-corrected chi connectivity index (χ3v) is 5.07. The summed E-state index contributed by atoms with van der Waals surface area (Å²) >= 11 is 0. The largest absolute Gasteiger partial charge is 0.497 e. The lowest BCUT2D eigenvalue weighted by atomic mass is 10.0. The number of carbonyl (C=O) groups excluding carboxylic acids is 1. The first-order valence-corrected chi connectivity index (χ1v) is 9.45. The van der Waals surface area contributed by atoms with E-state index in [2.05, 4.69) is 28.2 Å². The van der Waals surface area contributed by atoms with Crippen LogP contribution in [0.4, 0.5) is 0 Å². The van der Waals surface area contributed by atoms with Gasteiger partial charge in [-0.3, -0.25) is 14.8 Å². The van der Waals surface area contributed by atoms with Crippen molar-refractivity contribution >= 4 is 16.7 Å². The number of hydrogen-bond donors (Lipinski definition) is 0. The number of carbonyl (C=O) groups is 1. The van der Waals surface area contributed by atoms with E-state index in [0.29, 0.717) is 32.5 Å². The minimum Gasteiger partial charge on any atom is -0.497 e. The molecule has 0 unspecified atom stereocenters. The Bertz CT molecular complexity index is 962. The van der Waals surface area contributed by atoms with E-state index in [1.165, 1.54) is 0 Å². The van der Waals surface area contributed by atoms with Crippen molar-refractivity contribution < 1.29 is 14.3 Å². The van der Waals surface area contributed by atoms with Crippen LogP contribution in [-0.4, -0.2) is 47.6 Å². The van der Waals surface area contributed by atoms with Gasteiger partial charge in [0, 0.05) is 31.6 Å². The third kappa shape index (κ3) is 4.12. The highest BCUT2D eigenvalue weighted by atomic mass is 16.5. The molecule has 1 atom stereocenters. The second-order valence-electron chi connectivity index (χ2n) is 6.87. The first-order valence-electron chi connectivity index (χ1n) is 9.45. The van der Waals surface area contributed by atoms with E-state index in [9.17, 15) is 4.79 Å². The van der Waals surface area contributed by atoms with Gasteiger partial charge < -0.3 is 14.4 Å². The van der Waals surface area contributed by atoms with Crippen LogP contribution in [0, 0.1) is 0 Å². The predicted molar refractivity (Wildman–Crippen MR) is 106 cm³/mol. The minimum absolute atomic E-state index is 0.110. The Morgan fingerprint density at radius 1 is 1.21 bits per heavy atom. The second-order valence-corrected chi connectivity index (χ2v) is 6.87. The van der Waals surface area contributed by atoms with Crippen molar-refractivity contribution in [3.63, 3.8) is 0 Å². The molecule has 6 heteroatoms. The van der Waals surface area contributed by atoms with Crippen molar-refractivity contribution in [3.05, 3.63) is 66.2 Å². The zero-order valence-electron chi connectivity index (χ0n) is 15.9. The Morgan fingerprint density at radius 2 is 2.07 bits per heavy atom. The van der Waals surface area contributed by atoms with Gasteiger partial charge in [0.2, 0.25) is 5.91 Å². The van der Waals surface area contributed by atoms with E-state index in [-0.39, 0.29) is 12.0 Å². The van der Waals surface area contributed by atoms with E-state index in [1.54, 1.807) is 25.7 Å². The maximum atomic E-state index is 12.6. The van der Waals surface area contributed by atoms with Crippen LogP contribution in [0.5, 0.6) is 5.75 Å². The molecular formula is C22H23N3O3. The van der Waals surface area contributed by atoms with Gasteiger partial charge in [-0.25, -0.2) is 0 Å². The van der Waals surface area contributed by atoms with Gasteiger partial charge in [0.1, 0.15) is 11.9 Å². The number of nitrogens with zero attached hydrogens (tertiary/aromatic N) is 3. The fraction of sp³-hybridized carbons (Fsp3) is 0.318. The second kappa shape index (κ2) is 8.35. The maximum absolute atomic E-state index is 12.6. The number of hydrogen-bond acceptors (Lipinski definition) is 5. The van der Waals surface area contributed by atoms with Gasteiger partial charge in [-0.05, 0) is 41.0 Å². The van der Waals surface area contributed by atoms with Crippen LogP contribution < -0.4 is 4.74 Å². The highest BCUT2D eigenvalue weighted by Crippen LogP contribution is 2.28. The number of ether oxygens (including phenoxy) is 2. The number of aromatic nitrogens is 2. The highest BCUT2D eigenvalue weighted by molar-refractivity contribution is 5.84. The van der Waals surface area contributed by atoms with E-state index >= 15 is 0 Å². The SMILES string of the molecule is COc1ccc2cc([C@@H]3CN(C(=O)CCc4cnccn4)CCO3)ccc2c1. The quantitative estimate of drug-likeness (QED) is 0.683. The summed E-state index contributed by atoms with van der Waals surface area (Å²) in [7, 11) is 1.67. The molecule has 144 valence electrons. The molecule has 1 saturated heterocycles. The summed E-state index contributed by atoms with van der Waals surface area (Å²) < 4.78 is 11.2. The lowest BCUT2D eigenvalue weighted by Gasteiger charge is -2.33. The molecule has 1 fully saturated rings. The number of aryl methyl sites for hydroxylation is 1. The molecule has 1 amide bonds. The van der Waals surface area contributed by atoms with Crippen molar-refractivity contribution in [1.82, 2.24) is 14.9 Å². The van der Waals surface area contributed by atoms with Gasteiger partial charge >= 0.3 is 0 Å². The topological polar surface area (TPSA) is 64.5 Å². The first-order chi connectivity index (χ1) is 13.7. The van der Waals surface area contributed by atoms with Gasteiger partial charge in [0.15, 0.2) is 0 Å². The molecule has 0 bridgehead atoms. The number of morpholine rings is 1. The predicted octanol–water partition coefficient (Wildman–Crippen LogP) is 3.17. The van der Waals surface area contributed by atoms with Gasteiger partial charge in [0.25, 0.3) is 0 Å². The van der Waals surface area contributed by atoms with Gasteiger partial charge in [-0.15, -0.1) is 0 Å². The Labute approximate surface area is 164 Å². The lowest BCUT2D eigenvalue weighted by molar-refractivity contribution is -0.139. The fourth-order valence-corrected chi connectivity index (χ4v) is 3.50. The lowest BCUT2D eigenvalue weighted by Crippen LogP contribution is -2.42. The summed E-state index contributed by atoms with van der Waals surface area (Å²) in [4.78, 5) is 22.8. The molecule has 28 heavy (non-hydrogen) atoms. The zero-order valence-corrected chi connectivity index (χ0v) is 15.9. The summed E-state index contributed by atoms with van der Waals surface area (Å²) in [6, 6.07) is 12.3. The average Bonchev–Trinajstić information content (AvgIpc) is 2.77. The van der Waals surface area contributed by atoms with Crippen LogP contribution in [0.1, 0.15) is 23.8 Å². The van der Waals surface area contributed by atoms with Crippen LogP contribution in [0.2, 0.25) is 0 Å². The summed E-state index contributed by atoms with van der Waals surface area (Å²) in [5.41, 5.74) is 1.93. The van der Waals surface area contributed by atoms with Crippen LogP contribution in [0.15, 0.2) is 55.0 Å². The number of rotatable bonds is 5. The van der Waals surface area contributed by atoms with Crippen molar-refractivity contribution in [2.24, 2.45) is 0 Å². The van der Waals surface area contributed by atoms with Crippen LogP contribution in [0.3, 0.4) is 0 Å². The van der Waals surface area contributed by atoms with E-state index in [0.717, 1.165) is 27.8 Å². The number of methoxy groups -OCH3 is 1. The number of fused-ring (bicyclic) bond motifs is 1. The molecule has 1 aromatic heterocycles. The molecule has 0 aliphatic carbocycles. The molecule has 0 saturated carbocycles. The molecular weight excluding hydrogens is 354 g/mol. The van der Waals surface area contributed by atoms with Gasteiger partial charge in [-0.1, -0.05) is 18.2 Å². The smallest absolute Gasteiger partial charge is 0.223 e. The summed E-state index contributed by atoms with van der Waals surface area (Å²) in [6.07, 6.45) is 5.92. The van der Waals surface area contributed by atoms with Gasteiger partial charge in [0.05, 0.1) is 26.0 Å². The molecule has 4 rings (SSSR count). The molecule has 2 heterocycles. The Hall–Kier alpha value is -2.99. The zero-order chi connectivity index (χ0) is 19.3. The van der Waals surface area contributed by atoms with Crippen molar-refractivity contribution in [1.29, 1.82) is 0 Å². The summed E-state index contributed by atoms with van der Waals surface area (Å²) in [6.45, 7) is 1.74. The third-order valence-electron chi connectivity index (χ3n) is 5.07. The monoisotopic (exact) mass is 377 g/mol. The highest BCUT2D eigenvalue weighted by Gasteiger charge is 2.25. The van der Waals surface area contributed by atoms with Crippen LogP contribution in [0.25, 0.3) is 10.8 Å². The maximum Gasteiger partial charge on any atom is 0.223 e.